The number of carbonyl (C=O) groups excluding carboxylic acids is 1. The number of amides is 1. The second kappa shape index (κ2) is 5.57. The molecule has 1 aliphatic carbocycles. The van der Waals surface area contributed by atoms with Crippen LogP contribution in [0.25, 0.3) is 0 Å². The van der Waals surface area contributed by atoms with Crippen molar-refractivity contribution in [3.05, 3.63) is 35.9 Å². The number of hydrogen-bond acceptors (Lipinski definition) is 2. The van der Waals surface area contributed by atoms with Crippen molar-refractivity contribution in [1.82, 2.24) is 4.90 Å². The molecular formula is C17H24N2O. The molecule has 20 heavy (non-hydrogen) atoms. The highest BCUT2D eigenvalue weighted by atomic mass is 16.2. The summed E-state index contributed by atoms with van der Waals surface area (Å²) in [5.41, 5.74) is 7.30. The summed E-state index contributed by atoms with van der Waals surface area (Å²) < 4.78 is 0. The Morgan fingerprint density at radius 3 is 2.60 bits per heavy atom. The van der Waals surface area contributed by atoms with Gasteiger partial charge in [-0.1, -0.05) is 30.3 Å². The Bertz CT molecular complexity index is 473. The number of rotatable bonds is 2. The minimum Gasteiger partial charge on any atom is -0.339 e. The smallest absolute Gasteiger partial charge is 0.226 e. The Morgan fingerprint density at radius 1 is 1.20 bits per heavy atom. The highest BCUT2D eigenvalue weighted by molar-refractivity contribution is 5.80. The molecular weight excluding hydrogens is 248 g/mol. The summed E-state index contributed by atoms with van der Waals surface area (Å²) in [6, 6.07) is 11.1. The zero-order valence-corrected chi connectivity index (χ0v) is 12.2. The molecule has 1 amide bonds. The summed E-state index contributed by atoms with van der Waals surface area (Å²) in [4.78, 5) is 14.7. The lowest BCUT2D eigenvalue weighted by Gasteiger charge is -2.25. The summed E-state index contributed by atoms with van der Waals surface area (Å²) in [5.74, 6) is 0.996. The zero-order chi connectivity index (χ0) is 14.1. The number of benzene rings is 1. The SMILES string of the molecule is CC1CC(c2ccccc2)CN1C(=O)C1CCC(N)C1. The Labute approximate surface area is 121 Å². The minimum absolute atomic E-state index is 0.168. The van der Waals surface area contributed by atoms with E-state index < -0.39 is 0 Å². The fraction of sp³-hybridized carbons (Fsp3) is 0.588. The van der Waals surface area contributed by atoms with Crippen LogP contribution < -0.4 is 5.73 Å². The van der Waals surface area contributed by atoms with Crippen molar-refractivity contribution < 1.29 is 4.79 Å². The van der Waals surface area contributed by atoms with Crippen LogP contribution in [0, 0.1) is 5.92 Å². The van der Waals surface area contributed by atoms with E-state index in [-0.39, 0.29) is 12.0 Å². The third-order valence-corrected chi connectivity index (χ3v) is 4.95. The Hall–Kier alpha value is -1.35. The first kappa shape index (κ1) is 13.6. The van der Waals surface area contributed by atoms with Gasteiger partial charge in [-0.3, -0.25) is 4.79 Å². The standard InChI is InChI=1S/C17H24N2O/c1-12-9-15(13-5-3-2-4-6-13)11-19(12)17(20)14-7-8-16(18)10-14/h2-6,12,14-16H,7-11,18H2,1H3. The number of likely N-dealkylation sites (tertiary alicyclic amines) is 1. The lowest BCUT2D eigenvalue weighted by molar-refractivity contribution is -0.135. The van der Waals surface area contributed by atoms with Crippen molar-refractivity contribution in [1.29, 1.82) is 0 Å². The fourth-order valence-corrected chi connectivity index (χ4v) is 3.78. The molecule has 0 radical (unpaired) electrons. The molecule has 1 saturated heterocycles. The van der Waals surface area contributed by atoms with Gasteiger partial charge in [0.2, 0.25) is 5.91 Å². The van der Waals surface area contributed by atoms with Crippen LogP contribution >= 0.6 is 0 Å². The number of nitrogens with two attached hydrogens (primary N) is 1. The van der Waals surface area contributed by atoms with Crippen molar-refractivity contribution in [3.63, 3.8) is 0 Å². The van der Waals surface area contributed by atoms with Crippen LogP contribution in [0.4, 0.5) is 0 Å². The average molecular weight is 272 g/mol. The van der Waals surface area contributed by atoms with Gasteiger partial charge >= 0.3 is 0 Å². The summed E-state index contributed by atoms with van der Waals surface area (Å²) in [5, 5.41) is 0. The third-order valence-electron chi connectivity index (χ3n) is 4.95. The summed E-state index contributed by atoms with van der Waals surface area (Å²) in [6.07, 6.45) is 3.92. The quantitative estimate of drug-likeness (QED) is 0.899. The molecule has 3 heteroatoms. The minimum atomic E-state index is 0.168. The van der Waals surface area contributed by atoms with E-state index in [0.717, 1.165) is 32.2 Å². The predicted octanol–water partition coefficient (Wildman–Crippen LogP) is 2.52. The highest BCUT2D eigenvalue weighted by Crippen LogP contribution is 2.35. The van der Waals surface area contributed by atoms with Gasteiger partial charge in [-0.25, -0.2) is 0 Å². The van der Waals surface area contributed by atoms with Crippen LogP contribution in [0.5, 0.6) is 0 Å². The highest BCUT2D eigenvalue weighted by Gasteiger charge is 2.38. The van der Waals surface area contributed by atoms with E-state index >= 15 is 0 Å². The van der Waals surface area contributed by atoms with Gasteiger partial charge in [-0.2, -0.15) is 0 Å². The van der Waals surface area contributed by atoms with Crippen LogP contribution in [0.15, 0.2) is 30.3 Å². The first-order valence-corrected chi connectivity index (χ1v) is 7.76. The first-order valence-electron chi connectivity index (χ1n) is 7.76. The number of nitrogens with zero attached hydrogens (tertiary/aromatic N) is 1. The fourth-order valence-electron chi connectivity index (χ4n) is 3.78. The molecule has 2 fully saturated rings. The molecule has 2 N–H and O–H groups in total. The molecule has 3 rings (SSSR count). The van der Waals surface area contributed by atoms with Gasteiger partial charge in [-0.05, 0) is 38.2 Å². The van der Waals surface area contributed by atoms with Crippen molar-refractivity contribution in [2.24, 2.45) is 11.7 Å². The lowest BCUT2D eigenvalue weighted by Crippen LogP contribution is -2.38. The Morgan fingerprint density at radius 2 is 1.95 bits per heavy atom. The normalized spacial score (nSPS) is 33.6. The molecule has 2 aliphatic rings. The van der Waals surface area contributed by atoms with Gasteiger partial charge in [0, 0.05) is 30.5 Å². The van der Waals surface area contributed by atoms with Crippen LogP contribution in [0.3, 0.4) is 0 Å². The second-order valence-corrected chi connectivity index (χ2v) is 6.45. The molecule has 4 atom stereocenters. The zero-order valence-electron chi connectivity index (χ0n) is 12.2. The number of carbonyl (C=O) groups is 1. The molecule has 0 spiro atoms. The van der Waals surface area contributed by atoms with Gasteiger partial charge in [0.05, 0.1) is 0 Å². The van der Waals surface area contributed by atoms with Crippen LogP contribution in [-0.4, -0.2) is 29.4 Å². The largest absolute Gasteiger partial charge is 0.339 e. The topological polar surface area (TPSA) is 46.3 Å². The third kappa shape index (κ3) is 2.59. The molecule has 1 aromatic carbocycles. The van der Waals surface area contributed by atoms with Crippen LogP contribution in [-0.2, 0) is 4.79 Å². The van der Waals surface area contributed by atoms with Crippen molar-refractivity contribution in [2.45, 2.75) is 50.6 Å². The first-order chi connectivity index (χ1) is 9.65. The van der Waals surface area contributed by atoms with E-state index in [4.69, 9.17) is 5.73 Å². The maximum absolute atomic E-state index is 12.7. The van der Waals surface area contributed by atoms with E-state index in [2.05, 4.69) is 36.1 Å². The monoisotopic (exact) mass is 272 g/mol. The predicted molar refractivity (Wildman–Crippen MR) is 80.3 cm³/mol. The molecule has 1 saturated carbocycles. The van der Waals surface area contributed by atoms with E-state index in [1.165, 1.54) is 5.56 Å². The molecule has 1 aromatic rings. The summed E-state index contributed by atoms with van der Waals surface area (Å²) in [7, 11) is 0. The number of hydrogen-bond donors (Lipinski definition) is 1. The van der Waals surface area contributed by atoms with E-state index in [1.807, 2.05) is 6.07 Å². The van der Waals surface area contributed by atoms with E-state index in [0.29, 0.717) is 17.9 Å². The molecule has 1 heterocycles. The maximum Gasteiger partial charge on any atom is 0.226 e. The van der Waals surface area contributed by atoms with Gasteiger partial charge in [0.1, 0.15) is 0 Å². The molecule has 0 aromatic heterocycles. The average Bonchev–Trinajstić information content (AvgIpc) is 3.05. The molecule has 0 bridgehead atoms. The molecule has 1 aliphatic heterocycles. The van der Waals surface area contributed by atoms with Gasteiger partial charge < -0.3 is 10.6 Å². The van der Waals surface area contributed by atoms with Crippen LogP contribution in [0.2, 0.25) is 0 Å². The van der Waals surface area contributed by atoms with Crippen molar-refractivity contribution >= 4 is 5.91 Å². The molecule has 4 unspecified atom stereocenters. The van der Waals surface area contributed by atoms with Crippen LogP contribution in [0.1, 0.15) is 44.1 Å². The summed E-state index contributed by atoms with van der Waals surface area (Å²) >= 11 is 0. The van der Waals surface area contributed by atoms with E-state index in [9.17, 15) is 4.79 Å². The Kier molecular flexibility index (Phi) is 3.79. The van der Waals surface area contributed by atoms with Gasteiger partial charge in [0.15, 0.2) is 0 Å². The van der Waals surface area contributed by atoms with Gasteiger partial charge in [0.25, 0.3) is 0 Å². The lowest BCUT2D eigenvalue weighted by atomic mass is 9.97. The second-order valence-electron chi connectivity index (χ2n) is 6.45. The Balaban J connectivity index is 1.68. The van der Waals surface area contributed by atoms with Crippen molar-refractivity contribution in [2.75, 3.05) is 6.54 Å². The van der Waals surface area contributed by atoms with E-state index in [1.54, 1.807) is 0 Å². The molecule has 3 nitrogen and oxygen atoms in total. The summed E-state index contributed by atoms with van der Waals surface area (Å²) in [6.45, 7) is 3.05. The van der Waals surface area contributed by atoms with Gasteiger partial charge in [-0.15, -0.1) is 0 Å². The molecule has 108 valence electrons. The maximum atomic E-state index is 12.7. The van der Waals surface area contributed by atoms with Crippen molar-refractivity contribution in [3.8, 4) is 0 Å².